The van der Waals surface area contributed by atoms with Crippen molar-refractivity contribution in [1.82, 2.24) is 0 Å². The van der Waals surface area contributed by atoms with E-state index in [1.807, 2.05) is 75.3 Å². The summed E-state index contributed by atoms with van der Waals surface area (Å²) in [6.45, 7) is 0. The van der Waals surface area contributed by atoms with E-state index in [9.17, 15) is 9.90 Å². The largest absolute Gasteiger partial charge is 2.00 e. The first kappa shape index (κ1) is 19.4. The van der Waals surface area contributed by atoms with Crippen LogP contribution in [0.2, 0.25) is 0 Å². The van der Waals surface area contributed by atoms with Gasteiger partial charge in [0.1, 0.15) is 5.78 Å². The molecule has 0 heterocycles. The molecule has 10 radical (unpaired) electrons. The number of benzene rings is 1. The van der Waals surface area contributed by atoms with Crippen LogP contribution < -0.4 is 0 Å². The quantitative estimate of drug-likeness (QED) is 0.859. The van der Waals surface area contributed by atoms with Crippen molar-refractivity contribution in [3.63, 3.8) is 0 Å². The van der Waals surface area contributed by atoms with Crippen molar-refractivity contribution >= 4 is 5.78 Å². The van der Waals surface area contributed by atoms with Crippen LogP contribution in [-0.4, -0.2) is 10.9 Å². The SMILES string of the molecule is O=C(CC(O)c1ccccc1)[C]1[CH][CH][CH][CH]1.[CH]1[CH][CH][CH][CH]1.[Fe+2]. The molecular formula is C19H18FeO2+2. The molecule has 3 rings (SSSR count). The van der Waals surface area contributed by atoms with Crippen LogP contribution in [0.15, 0.2) is 30.3 Å². The second-order valence-corrected chi connectivity index (χ2v) is 4.69. The fourth-order valence-electron chi connectivity index (χ4n) is 1.97. The molecule has 22 heavy (non-hydrogen) atoms. The first-order valence-electron chi connectivity index (χ1n) is 6.92. The number of aliphatic hydroxyl groups is 1. The van der Waals surface area contributed by atoms with Crippen molar-refractivity contribution in [3.8, 4) is 0 Å². The zero-order chi connectivity index (χ0) is 14.9. The summed E-state index contributed by atoms with van der Waals surface area (Å²) >= 11 is 0. The summed E-state index contributed by atoms with van der Waals surface area (Å²) in [6, 6.07) is 9.23. The Morgan fingerprint density at radius 1 is 0.864 bits per heavy atom. The summed E-state index contributed by atoms with van der Waals surface area (Å²) in [6.07, 6.45) is 16.6. The number of aliphatic hydroxyl groups excluding tert-OH is 1. The van der Waals surface area contributed by atoms with Gasteiger partial charge in [0, 0.05) is 12.3 Å². The molecule has 1 aromatic carbocycles. The molecule has 1 atom stereocenters. The maximum atomic E-state index is 11.7. The molecule has 1 aromatic rings. The van der Waals surface area contributed by atoms with Gasteiger partial charge in [-0.05, 0) is 63.4 Å². The van der Waals surface area contributed by atoms with E-state index in [1.54, 1.807) is 12.8 Å². The predicted octanol–water partition coefficient (Wildman–Crippen LogP) is 3.10. The van der Waals surface area contributed by atoms with E-state index in [1.165, 1.54) is 0 Å². The maximum absolute atomic E-state index is 11.7. The van der Waals surface area contributed by atoms with Crippen molar-refractivity contribution in [2.24, 2.45) is 0 Å². The molecule has 0 saturated heterocycles. The summed E-state index contributed by atoms with van der Waals surface area (Å²) in [5.74, 6) is 0.635. The number of carbonyl (C=O) groups excluding carboxylic acids is 1. The third-order valence-electron chi connectivity index (χ3n) is 3.10. The van der Waals surface area contributed by atoms with Crippen molar-refractivity contribution in [1.29, 1.82) is 0 Å². The molecule has 0 aromatic heterocycles. The van der Waals surface area contributed by atoms with Crippen LogP contribution in [0.25, 0.3) is 0 Å². The van der Waals surface area contributed by atoms with Crippen LogP contribution in [-0.2, 0) is 21.9 Å². The van der Waals surface area contributed by atoms with Gasteiger partial charge in [0.25, 0.3) is 0 Å². The maximum Gasteiger partial charge on any atom is 2.00 e. The molecule has 112 valence electrons. The molecular weight excluding hydrogens is 316 g/mol. The van der Waals surface area contributed by atoms with E-state index < -0.39 is 6.10 Å². The molecule has 1 N–H and O–H groups in total. The van der Waals surface area contributed by atoms with Gasteiger partial charge in [-0.25, -0.2) is 0 Å². The van der Waals surface area contributed by atoms with Gasteiger partial charge in [-0.3, -0.25) is 4.79 Å². The van der Waals surface area contributed by atoms with E-state index in [0.717, 1.165) is 5.56 Å². The van der Waals surface area contributed by atoms with Crippen LogP contribution >= 0.6 is 0 Å². The molecule has 2 nitrogen and oxygen atoms in total. The normalized spacial score (nSPS) is 19.0. The Bertz CT molecular complexity index is 401. The monoisotopic (exact) mass is 334 g/mol. The molecule has 0 bridgehead atoms. The summed E-state index contributed by atoms with van der Waals surface area (Å²) in [5.41, 5.74) is 0.780. The summed E-state index contributed by atoms with van der Waals surface area (Å²) in [5, 5.41) is 9.87. The summed E-state index contributed by atoms with van der Waals surface area (Å²) in [4.78, 5) is 11.7. The number of hydrogen-bond donors (Lipinski definition) is 1. The zero-order valence-corrected chi connectivity index (χ0v) is 13.2. The van der Waals surface area contributed by atoms with Gasteiger partial charge in [0.2, 0.25) is 0 Å². The zero-order valence-electron chi connectivity index (χ0n) is 12.1. The first-order chi connectivity index (χ1) is 10.3. The van der Waals surface area contributed by atoms with E-state index in [-0.39, 0.29) is 29.3 Å². The van der Waals surface area contributed by atoms with Crippen molar-refractivity contribution in [2.45, 2.75) is 12.5 Å². The number of hydrogen-bond acceptors (Lipinski definition) is 2. The third-order valence-corrected chi connectivity index (χ3v) is 3.10. The van der Waals surface area contributed by atoms with E-state index in [4.69, 9.17) is 0 Å². The Morgan fingerprint density at radius 2 is 1.36 bits per heavy atom. The number of ketones is 1. The Kier molecular flexibility index (Phi) is 9.70. The molecule has 2 saturated carbocycles. The minimum Gasteiger partial charge on any atom is -0.388 e. The Morgan fingerprint density at radius 3 is 1.86 bits per heavy atom. The fourth-order valence-corrected chi connectivity index (χ4v) is 1.97. The Labute approximate surface area is 145 Å². The van der Waals surface area contributed by atoms with Crippen molar-refractivity contribution in [2.75, 3.05) is 0 Å². The summed E-state index contributed by atoms with van der Waals surface area (Å²) in [7, 11) is 0. The van der Waals surface area contributed by atoms with Gasteiger partial charge in [0.05, 0.1) is 6.10 Å². The van der Waals surface area contributed by atoms with Crippen LogP contribution in [0.5, 0.6) is 0 Å². The molecule has 2 aliphatic carbocycles. The molecule has 0 amide bonds. The van der Waals surface area contributed by atoms with Crippen molar-refractivity contribution in [3.05, 3.63) is 99.6 Å². The summed E-state index contributed by atoms with van der Waals surface area (Å²) < 4.78 is 0. The first-order valence-corrected chi connectivity index (χ1v) is 6.92. The van der Waals surface area contributed by atoms with Crippen LogP contribution in [0, 0.1) is 63.7 Å². The molecule has 0 spiro atoms. The predicted molar refractivity (Wildman–Crippen MR) is 83.0 cm³/mol. The molecule has 0 aliphatic heterocycles. The molecule has 1 unspecified atom stereocenters. The Hall–Kier alpha value is -0.631. The molecule has 2 aliphatic rings. The van der Waals surface area contributed by atoms with Gasteiger partial charge in [-0.1, -0.05) is 30.3 Å². The number of carbonyl (C=O) groups is 1. The topological polar surface area (TPSA) is 37.3 Å². The average Bonchev–Trinajstić information content (AvgIpc) is 3.23. The molecule has 3 heteroatoms. The molecule has 2 fully saturated rings. The van der Waals surface area contributed by atoms with Crippen LogP contribution in [0.3, 0.4) is 0 Å². The Balaban J connectivity index is 0.000000344. The average molecular weight is 334 g/mol. The smallest absolute Gasteiger partial charge is 0.388 e. The minimum absolute atomic E-state index is 0. The third kappa shape index (κ3) is 6.64. The standard InChI is InChI=1S/C14H13O2.C5H5.Fe/c15-13(11-6-2-1-3-7-11)10-14(16)12-8-4-5-9-12;1-2-4-5-3-1;/h1-9,13,15H,10H2;1-5H;/q;;+2. The van der Waals surface area contributed by atoms with Crippen LogP contribution in [0.4, 0.5) is 0 Å². The van der Waals surface area contributed by atoms with Gasteiger partial charge >= 0.3 is 17.1 Å². The van der Waals surface area contributed by atoms with Gasteiger partial charge in [-0.2, -0.15) is 0 Å². The van der Waals surface area contributed by atoms with Gasteiger partial charge in [0.15, 0.2) is 0 Å². The van der Waals surface area contributed by atoms with E-state index >= 15 is 0 Å². The second kappa shape index (κ2) is 11.0. The van der Waals surface area contributed by atoms with Crippen molar-refractivity contribution < 1.29 is 27.0 Å². The van der Waals surface area contributed by atoms with E-state index in [2.05, 4.69) is 0 Å². The van der Waals surface area contributed by atoms with Gasteiger partial charge < -0.3 is 5.11 Å². The minimum atomic E-state index is -0.719. The second-order valence-electron chi connectivity index (χ2n) is 4.69. The number of Topliss-reactive ketones (excluding diaryl/α,β-unsaturated/α-hetero) is 1. The fraction of sp³-hybridized carbons (Fsp3) is 0.105. The van der Waals surface area contributed by atoms with Crippen LogP contribution in [0.1, 0.15) is 18.1 Å². The number of rotatable bonds is 4. The van der Waals surface area contributed by atoms with E-state index in [0.29, 0.717) is 5.92 Å². The van der Waals surface area contributed by atoms with Gasteiger partial charge in [-0.15, -0.1) is 0 Å².